The second kappa shape index (κ2) is 14.3. The van der Waals surface area contributed by atoms with Gasteiger partial charge in [-0.1, -0.05) is 6.07 Å². The number of morpholine rings is 1. The lowest BCUT2D eigenvalue weighted by Crippen LogP contribution is -2.40. The van der Waals surface area contributed by atoms with Crippen molar-refractivity contribution in [3.05, 3.63) is 72.1 Å². The molecule has 15 heteroatoms. The molecule has 12 nitrogen and oxygen atoms in total. The summed E-state index contributed by atoms with van der Waals surface area (Å²) in [7, 11) is 3.06. The third kappa shape index (κ3) is 7.92. The maximum Gasteiger partial charge on any atom is 0.416 e. The molecule has 3 aromatic carbocycles. The number of nitrogens with zero attached hydrogens (tertiary/aromatic N) is 3. The Morgan fingerprint density at radius 1 is 0.935 bits per heavy atom. The van der Waals surface area contributed by atoms with E-state index in [1.807, 2.05) is 0 Å². The highest BCUT2D eigenvalue weighted by molar-refractivity contribution is 6.01. The number of hydrogen-bond acceptors (Lipinski definition) is 9. The van der Waals surface area contributed by atoms with Crippen LogP contribution in [0.15, 0.2) is 60.9 Å². The number of benzene rings is 3. The van der Waals surface area contributed by atoms with Gasteiger partial charge in [-0.2, -0.15) is 13.2 Å². The molecule has 0 saturated carbocycles. The van der Waals surface area contributed by atoms with Crippen LogP contribution in [0.25, 0.3) is 10.9 Å². The second-order valence-electron chi connectivity index (χ2n) is 9.95. The number of aromatic nitrogens is 2. The van der Waals surface area contributed by atoms with Gasteiger partial charge in [-0.25, -0.2) is 14.8 Å². The minimum Gasteiger partial charge on any atom is -0.493 e. The maximum atomic E-state index is 13.7. The van der Waals surface area contributed by atoms with E-state index in [2.05, 4.69) is 20.6 Å². The van der Waals surface area contributed by atoms with Gasteiger partial charge in [0.2, 0.25) is 5.88 Å². The van der Waals surface area contributed by atoms with Crippen molar-refractivity contribution >= 4 is 34.2 Å². The fraction of sp³-hybridized carbons (Fsp3) is 0.290. The number of amides is 3. The molecular weight excluding hydrogens is 611 g/mol. The fourth-order valence-electron chi connectivity index (χ4n) is 4.61. The first kappa shape index (κ1) is 32.2. The van der Waals surface area contributed by atoms with Gasteiger partial charge in [-0.05, 0) is 36.4 Å². The van der Waals surface area contributed by atoms with Crippen LogP contribution in [0, 0.1) is 0 Å². The molecule has 0 spiro atoms. The standard InChI is InChI=1S/C31H30F3N5O7/c1-42-10-11-45-27-17-25-24(16-26(27)43-2)28(36-18-35-25)46-23-5-3-4-21(15-23)37-30(41)38-22-13-19(12-20(14-22)31(32,33)34)29(40)39-6-8-44-9-7-39/h3-5,12-18H,6-11H2,1-2H3,(H2,37,38,41). The minimum absolute atomic E-state index is 0.203. The zero-order valence-corrected chi connectivity index (χ0v) is 24.8. The Balaban J connectivity index is 1.32. The number of fused-ring (bicyclic) bond motifs is 1. The molecule has 3 amide bonds. The number of rotatable bonds is 10. The molecule has 0 atom stereocenters. The van der Waals surface area contributed by atoms with Crippen LogP contribution in [0.2, 0.25) is 0 Å². The van der Waals surface area contributed by atoms with Crippen LogP contribution >= 0.6 is 0 Å². The second-order valence-corrected chi connectivity index (χ2v) is 9.95. The smallest absolute Gasteiger partial charge is 0.416 e. The van der Waals surface area contributed by atoms with E-state index in [0.29, 0.717) is 41.4 Å². The largest absolute Gasteiger partial charge is 0.493 e. The average molecular weight is 642 g/mol. The predicted octanol–water partition coefficient (Wildman–Crippen LogP) is 5.59. The van der Waals surface area contributed by atoms with Crippen LogP contribution < -0.4 is 24.8 Å². The average Bonchev–Trinajstić information content (AvgIpc) is 3.04. The monoisotopic (exact) mass is 641 g/mol. The van der Waals surface area contributed by atoms with E-state index in [1.165, 1.54) is 30.5 Å². The van der Waals surface area contributed by atoms with Gasteiger partial charge in [-0.15, -0.1) is 0 Å². The maximum absolute atomic E-state index is 13.7. The van der Waals surface area contributed by atoms with E-state index >= 15 is 0 Å². The van der Waals surface area contributed by atoms with Crippen LogP contribution in [-0.4, -0.2) is 80.5 Å². The molecule has 0 bridgehead atoms. The Morgan fingerprint density at radius 3 is 2.46 bits per heavy atom. The number of alkyl halides is 3. The number of halogens is 3. The molecule has 4 aromatic rings. The Kier molecular flexibility index (Phi) is 10.0. The van der Waals surface area contributed by atoms with E-state index in [-0.39, 0.29) is 49.1 Å². The van der Waals surface area contributed by atoms with Crippen molar-refractivity contribution in [3.63, 3.8) is 0 Å². The van der Waals surface area contributed by atoms with E-state index in [0.717, 1.165) is 12.1 Å². The Morgan fingerprint density at radius 2 is 1.72 bits per heavy atom. The molecule has 0 aliphatic carbocycles. The first-order chi connectivity index (χ1) is 22.1. The number of carbonyl (C=O) groups excluding carboxylic acids is 2. The summed E-state index contributed by atoms with van der Waals surface area (Å²) < 4.78 is 68.4. The summed E-state index contributed by atoms with van der Waals surface area (Å²) in [5, 5.41) is 5.49. The number of anilines is 2. The molecule has 0 unspecified atom stereocenters. The highest BCUT2D eigenvalue weighted by atomic mass is 19.4. The van der Waals surface area contributed by atoms with E-state index in [1.54, 1.807) is 37.4 Å². The number of hydrogen-bond donors (Lipinski definition) is 2. The Labute approximate surface area is 261 Å². The lowest BCUT2D eigenvalue weighted by Gasteiger charge is -2.27. The fourth-order valence-corrected chi connectivity index (χ4v) is 4.61. The number of methoxy groups -OCH3 is 2. The SMILES string of the molecule is COCCOc1cc2ncnc(Oc3cccc(NC(=O)Nc4cc(C(=O)N5CCOCC5)cc(C(F)(F)F)c4)c3)c2cc1OC. The van der Waals surface area contributed by atoms with Gasteiger partial charge in [0.05, 0.1) is 43.4 Å². The quantitative estimate of drug-likeness (QED) is 0.213. The number of ether oxygens (including phenoxy) is 5. The Bertz CT molecular complexity index is 1710. The molecule has 1 aliphatic rings. The van der Waals surface area contributed by atoms with Crippen LogP contribution in [0.1, 0.15) is 15.9 Å². The van der Waals surface area contributed by atoms with Crippen LogP contribution in [0.5, 0.6) is 23.1 Å². The number of nitrogens with one attached hydrogen (secondary N) is 2. The minimum atomic E-state index is -4.74. The number of carbonyl (C=O) groups is 2. The summed E-state index contributed by atoms with van der Waals surface area (Å²) in [5.41, 5.74) is -0.677. The zero-order chi connectivity index (χ0) is 32.7. The van der Waals surface area contributed by atoms with Gasteiger partial charge in [0.1, 0.15) is 18.7 Å². The first-order valence-corrected chi connectivity index (χ1v) is 14.0. The molecule has 0 radical (unpaired) electrons. The molecule has 5 rings (SSSR count). The highest BCUT2D eigenvalue weighted by Crippen LogP contribution is 2.36. The third-order valence-corrected chi connectivity index (χ3v) is 6.80. The van der Waals surface area contributed by atoms with Gasteiger partial charge in [-0.3, -0.25) is 4.79 Å². The van der Waals surface area contributed by atoms with Crippen molar-refractivity contribution in [3.8, 4) is 23.1 Å². The topological polar surface area (TPSA) is 133 Å². The lowest BCUT2D eigenvalue weighted by atomic mass is 10.1. The molecular formula is C31H30F3N5O7. The summed E-state index contributed by atoms with van der Waals surface area (Å²) in [4.78, 5) is 35.7. The van der Waals surface area contributed by atoms with Crippen molar-refractivity contribution in [1.82, 2.24) is 14.9 Å². The summed E-state index contributed by atoms with van der Waals surface area (Å²) in [6, 6.07) is 11.6. The molecule has 2 heterocycles. The molecule has 1 aliphatic heterocycles. The van der Waals surface area contributed by atoms with E-state index in [9.17, 15) is 22.8 Å². The predicted molar refractivity (Wildman–Crippen MR) is 161 cm³/mol. The van der Waals surface area contributed by atoms with Gasteiger partial charge < -0.3 is 39.2 Å². The van der Waals surface area contributed by atoms with Gasteiger partial charge in [0.15, 0.2) is 11.5 Å². The van der Waals surface area contributed by atoms with Crippen LogP contribution in [0.4, 0.5) is 29.3 Å². The number of urea groups is 1. The van der Waals surface area contributed by atoms with Crippen LogP contribution in [-0.2, 0) is 15.7 Å². The van der Waals surface area contributed by atoms with Crippen molar-refractivity contribution in [1.29, 1.82) is 0 Å². The highest BCUT2D eigenvalue weighted by Gasteiger charge is 2.33. The zero-order valence-electron chi connectivity index (χ0n) is 24.8. The summed E-state index contributed by atoms with van der Waals surface area (Å²) in [6.45, 7) is 1.76. The van der Waals surface area contributed by atoms with Crippen molar-refractivity contribution in [2.75, 3.05) is 64.4 Å². The molecule has 242 valence electrons. The molecule has 1 aromatic heterocycles. The van der Waals surface area contributed by atoms with Crippen molar-refractivity contribution in [2.24, 2.45) is 0 Å². The summed E-state index contributed by atoms with van der Waals surface area (Å²) >= 11 is 0. The molecule has 46 heavy (non-hydrogen) atoms. The van der Waals surface area contributed by atoms with E-state index in [4.69, 9.17) is 23.7 Å². The van der Waals surface area contributed by atoms with Gasteiger partial charge in [0.25, 0.3) is 5.91 Å². The molecule has 1 saturated heterocycles. The lowest BCUT2D eigenvalue weighted by molar-refractivity contribution is -0.137. The van der Waals surface area contributed by atoms with Gasteiger partial charge in [0, 0.05) is 49.3 Å². The Hall–Kier alpha value is -5.15. The third-order valence-electron chi connectivity index (χ3n) is 6.80. The summed E-state index contributed by atoms with van der Waals surface area (Å²) in [5.74, 6) is 0.809. The molecule has 2 N–H and O–H groups in total. The first-order valence-electron chi connectivity index (χ1n) is 14.0. The van der Waals surface area contributed by atoms with Gasteiger partial charge >= 0.3 is 12.2 Å². The van der Waals surface area contributed by atoms with Crippen molar-refractivity contribution < 1.29 is 46.4 Å². The van der Waals surface area contributed by atoms with E-state index < -0.39 is 23.7 Å². The van der Waals surface area contributed by atoms with Crippen molar-refractivity contribution in [2.45, 2.75) is 6.18 Å². The summed E-state index contributed by atoms with van der Waals surface area (Å²) in [6.07, 6.45) is -3.42. The molecule has 1 fully saturated rings. The van der Waals surface area contributed by atoms with Crippen LogP contribution in [0.3, 0.4) is 0 Å². The normalized spacial score (nSPS) is 13.3.